The van der Waals surface area contributed by atoms with Crippen molar-refractivity contribution in [2.45, 2.75) is 216 Å². The first-order valence-electron chi connectivity index (χ1n) is 28.2. The number of primary amides is 1. The number of aromatic hydroxyl groups is 1. The average Bonchev–Trinajstić information content (AvgIpc) is 3.57. The summed E-state index contributed by atoms with van der Waals surface area (Å²) in [4.78, 5) is 113. The van der Waals surface area contributed by atoms with Gasteiger partial charge in [0.15, 0.2) is 17.7 Å². The number of phenols is 1. The van der Waals surface area contributed by atoms with Gasteiger partial charge in [-0.3, -0.25) is 42.9 Å². The van der Waals surface area contributed by atoms with Crippen LogP contribution in [0.1, 0.15) is 143 Å². The van der Waals surface area contributed by atoms with Crippen LogP contribution in [0, 0.1) is 17.8 Å². The van der Waals surface area contributed by atoms with Crippen molar-refractivity contribution in [1.82, 2.24) is 36.4 Å². The van der Waals surface area contributed by atoms with Gasteiger partial charge >= 0.3 is 10.4 Å². The van der Waals surface area contributed by atoms with Gasteiger partial charge in [0.25, 0.3) is 0 Å². The largest absolute Gasteiger partial charge is 0.504 e. The molecule has 3 fully saturated rings. The third-order valence-corrected chi connectivity index (χ3v) is 15.8. The van der Waals surface area contributed by atoms with Crippen LogP contribution in [0.3, 0.4) is 0 Å². The van der Waals surface area contributed by atoms with Crippen molar-refractivity contribution in [3.05, 3.63) is 23.8 Å². The van der Waals surface area contributed by atoms with Crippen LogP contribution < -0.4 is 36.5 Å². The number of hydrogen-bond donors (Lipinski definition) is 16. The van der Waals surface area contributed by atoms with Gasteiger partial charge in [-0.25, -0.2) is 0 Å². The monoisotopic (exact) mass is 1200 g/mol. The summed E-state index contributed by atoms with van der Waals surface area (Å²) >= 11 is 0. The van der Waals surface area contributed by atoms with E-state index in [0.29, 0.717) is 40.5 Å². The van der Waals surface area contributed by atoms with E-state index >= 15 is 0 Å². The normalized spacial score (nSPS) is 28.4. The number of aliphatic hydroxyl groups is 8. The molecule has 3 saturated heterocycles. The summed E-state index contributed by atoms with van der Waals surface area (Å²) in [6.45, 7) is 7.97. The van der Waals surface area contributed by atoms with Crippen molar-refractivity contribution in [2.24, 2.45) is 23.5 Å². The molecule has 3 aliphatic rings. The molecule has 83 heavy (non-hydrogen) atoms. The molecule has 470 valence electrons. The molecule has 0 saturated carbocycles. The van der Waals surface area contributed by atoms with Gasteiger partial charge in [0.2, 0.25) is 47.3 Å². The highest BCUT2D eigenvalue weighted by molar-refractivity contribution is 7.81. The second kappa shape index (κ2) is 31.9. The molecule has 17 atom stereocenters. The maximum absolute atomic E-state index is 14.6. The zero-order chi connectivity index (χ0) is 62.2. The molecule has 0 bridgehead atoms. The number of fused-ring (bicyclic) bond motifs is 2. The first-order chi connectivity index (χ1) is 38.8. The minimum atomic E-state index is -5.33. The van der Waals surface area contributed by atoms with Gasteiger partial charge in [0, 0.05) is 38.3 Å². The number of rotatable bonds is 24. The van der Waals surface area contributed by atoms with E-state index in [4.69, 9.17) is 5.73 Å². The van der Waals surface area contributed by atoms with E-state index in [1.54, 1.807) is 0 Å². The molecule has 8 unspecified atom stereocenters. The van der Waals surface area contributed by atoms with Crippen molar-refractivity contribution in [3.8, 4) is 11.5 Å². The third kappa shape index (κ3) is 20.4. The Hall–Kier alpha value is -5.83. The number of unbranched alkanes of at least 4 members (excludes halogenated alkanes) is 7. The molecule has 8 amide bonds. The number of phenolic OH excluding ortho intramolecular Hbond substituents is 1. The third-order valence-electron chi connectivity index (χ3n) is 15.5. The fraction of sp³-hybridized carbons (Fsp3) is 0.736. The molecule has 4 rings (SSSR count). The van der Waals surface area contributed by atoms with Crippen molar-refractivity contribution in [1.29, 1.82) is 0 Å². The lowest BCUT2D eigenvalue weighted by atomic mass is 9.91. The Morgan fingerprint density at radius 2 is 1.35 bits per heavy atom. The molecule has 0 aliphatic carbocycles. The number of nitrogens with zero attached hydrogens (tertiary/aromatic N) is 2. The van der Waals surface area contributed by atoms with Gasteiger partial charge in [0.1, 0.15) is 54.6 Å². The molecule has 3 heterocycles. The predicted molar refractivity (Wildman–Crippen MR) is 291 cm³/mol. The zero-order valence-corrected chi connectivity index (χ0v) is 48.2. The topological polar surface area (TPSA) is 475 Å². The smallest absolute Gasteiger partial charge is 0.446 e. The van der Waals surface area contributed by atoms with E-state index in [0.717, 1.165) is 64.0 Å². The molecular formula is C53H86N8O21S. The molecule has 0 radical (unpaired) electrons. The number of hydrogen-bond acceptors (Lipinski definition) is 20. The number of carbonyl (C=O) groups excluding carboxylic acids is 8. The zero-order valence-electron chi connectivity index (χ0n) is 47.4. The van der Waals surface area contributed by atoms with Gasteiger partial charge in [-0.15, -0.1) is 0 Å². The molecule has 29 nitrogen and oxygen atoms in total. The van der Waals surface area contributed by atoms with Crippen LogP contribution in [-0.4, -0.2) is 208 Å². The average molecular weight is 1200 g/mol. The summed E-state index contributed by atoms with van der Waals surface area (Å²) in [6.07, 6.45) is -9.07. The van der Waals surface area contributed by atoms with Crippen LogP contribution in [0.15, 0.2) is 18.2 Å². The van der Waals surface area contributed by atoms with E-state index in [2.05, 4.69) is 40.9 Å². The van der Waals surface area contributed by atoms with E-state index in [1.807, 2.05) is 10.6 Å². The van der Waals surface area contributed by atoms with E-state index in [9.17, 15) is 97.3 Å². The molecular weight excluding hydrogens is 1120 g/mol. The Balaban J connectivity index is 1.71. The number of benzene rings is 1. The maximum atomic E-state index is 14.6. The van der Waals surface area contributed by atoms with Crippen LogP contribution in [-0.2, 0) is 48.8 Å². The minimum Gasteiger partial charge on any atom is -0.504 e. The van der Waals surface area contributed by atoms with Crippen molar-refractivity contribution in [3.63, 3.8) is 0 Å². The molecule has 0 aromatic heterocycles. The lowest BCUT2D eigenvalue weighted by Crippen LogP contribution is -2.64. The molecule has 30 heteroatoms. The first kappa shape index (κ1) is 69.7. The Morgan fingerprint density at radius 3 is 1.95 bits per heavy atom. The molecule has 3 aliphatic heterocycles. The second-order valence-electron chi connectivity index (χ2n) is 22.5. The van der Waals surface area contributed by atoms with Gasteiger partial charge in [-0.05, 0) is 49.3 Å². The standard InChI is InChI=1S/C53H86N8O21S/c1-6-26(2)19-27(3)15-13-11-9-7-8-10-12-14-16-39(68)55-32-22-36(66)49(74)59-51(76)43-44(69)28(4)24-61(43)53(78)41(35(65)23-38(54)67)57-50(75)42(46(71)45(70)30-17-18-34(64)37(20-30)82-83(79,80)81)58-48(73)33-21-31(63)25-60(33)52(77)40(29(5)62)56-47(32)72/h17-18,20,26-29,31-33,35-36,40-46,49,62-66,69-71,74H,6-16,19,21-25H2,1-5H3,(H2,54,67)(H,55,68)(H,56,72)(H,57,75)(H,58,73)(H,59,76)(H,79,80,81)/t26?,27?,28?,29-,31-,32+,33+,35?,36?,40+,41+,42+,43+,44+,45?,46?,49?/m1/s1. The van der Waals surface area contributed by atoms with Crippen LogP contribution in [0.2, 0.25) is 0 Å². The number of carbonyl (C=O) groups is 8. The number of aliphatic hydroxyl groups excluding tert-OH is 8. The van der Waals surface area contributed by atoms with Gasteiger partial charge in [-0.2, -0.15) is 8.42 Å². The Bertz CT molecular complexity index is 2510. The highest BCUT2D eigenvalue weighted by Crippen LogP contribution is 2.33. The van der Waals surface area contributed by atoms with Gasteiger partial charge < -0.3 is 92.3 Å². The Kier molecular flexibility index (Phi) is 26.8. The van der Waals surface area contributed by atoms with Crippen molar-refractivity contribution in [2.75, 3.05) is 13.1 Å². The van der Waals surface area contributed by atoms with Crippen molar-refractivity contribution >= 4 is 57.7 Å². The lowest BCUT2D eigenvalue weighted by Gasteiger charge is -2.34. The highest BCUT2D eigenvalue weighted by atomic mass is 32.3. The first-order valence-corrected chi connectivity index (χ1v) is 29.6. The summed E-state index contributed by atoms with van der Waals surface area (Å²) in [5.41, 5.74) is 4.76. The second-order valence-corrected chi connectivity index (χ2v) is 23.5. The van der Waals surface area contributed by atoms with Crippen LogP contribution in [0.25, 0.3) is 0 Å². The predicted octanol–water partition coefficient (Wildman–Crippen LogP) is -3.13. The summed E-state index contributed by atoms with van der Waals surface area (Å²) in [7, 11) is -5.33. The van der Waals surface area contributed by atoms with Crippen LogP contribution in [0.4, 0.5) is 0 Å². The van der Waals surface area contributed by atoms with Crippen molar-refractivity contribution < 1.29 is 101 Å². The summed E-state index contributed by atoms with van der Waals surface area (Å²) in [5.74, 6) is -11.9. The Morgan fingerprint density at radius 1 is 0.759 bits per heavy atom. The Labute approximate surface area is 482 Å². The highest BCUT2D eigenvalue weighted by Gasteiger charge is 2.51. The lowest BCUT2D eigenvalue weighted by molar-refractivity contribution is -0.149. The fourth-order valence-electron chi connectivity index (χ4n) is 10.6. The maximum Gasteiger partial charge on any atom is 0.446 e. The molecule has 0 spiro atoms. The SMILES string of the molecule is CCC(C)CC(C)CCCCCCCCCCC(=O)N[C@H]1CC(O)C(O)NC(=O)[C@@H]2[C@@H](O)C(C)CN2C(=O)[C@H](C(O)CC(N)=O)NC(=O)[C@H](C(O)C(O)c2ccc(O)c(OS(=O)(=O)O)c2)NC(=O)[C@@H]2C[C@@H](O)CN2C(=O)[C@H]([C@@H](C)O)NC1=O. The minimum absolute atomic E-state index is 0.117. The van der Waals surface area contributed by atoms with Crippen LogP contribution in [0.5, 0.6) is 11.5 Å². The summed E-state index contributed by atoms with van der Waals surface area (Å²) in [6, 6.07) is -10.5. The summed E-state index contributed by atoms with van der Waals surface area (Å²) in [5, 5.41) is 112. The summed E-state index contributed by atoms with van der Waals surface area (Å²) < 4.78 is 36.6. The quantitative estimate of drug-likeness (QED) is 0.0359. The molecule has 17 N–H and O–H groups in total. The molecule has 1 aromatic carbocycles. The van der Waals surface area contributed by atoms with E-state index in [1.165, 1.54) is 19.8 Å². The van der Waals surface area contributed by atoms with Crippen LogP contribution >= 0.6 is 0 Å². The van der Waals surface area contributed by atoms with E-state index < -0.39 is 198 Å². The van der Waals surface area contributed by atoms with E-state index in [-0.39, 0.29) is 6.42 Å². The number of nitrogens with two attached hydrogens (primary N) is 1. The van der Waals surface area contributed by atoms with Gasteiger partial charge in [0.05, 0.1) is 30.8 Å². The number of amides is 8. The number of nitrogens with one attached hydrogen (secondary N) is 5. The fourth-order valence-corrected chi connectivity index (χ4v) is 10.9. The van der Waals surface area contributed by atoms with Gasteiger partial charge in [-0.1, -0.05) is 91.5 Å². The molecule has 1 aromatic rings.